The van der Waals surface area contributed by atoms with Crippen LogP contribution in [0.25, 0.3) is 0 Å². The number of nitrogens with zero attached hydrogens (tertiary/aromatic N) is 1. The lowest BCUT2D eigenvalue weighted by Crippen LogP contribution is -2.13. The third-order valence-corrected chi connectivity index (χ3v) is 3.26. The van der Waals surface area contributed by atoms with Crippen LogP contribution in [0.1, 0.15) is 20.7 Å². The van der Waals surface area contributed by atoms with Crippen molar-refractivity contribution in [3.63, 3.8) is 0 Å². The third-order valence-electron chi connectivity index (χ3n) is 2.95. The quantitative estimate of drug-likeness (QED) is 0.525. The number of methoxy groups -OCH3 is 1. The molecule has 0 atom stereocenters. The molecular formula is C15H11ClN2O5. The predicted octanol–water partition coefficient (Wildman–Crippen LogP) is 3.29. The summed E-state index contributed by atoms with van der Waals surface area (Å²) in [4.78, 5) is 33.7. The van der Waals surface area contributed by atoms with Crippen molar-refractivity contribution in [1.29, 1.82) is 0 Å². The van der Waals surface area contributed by atoms with Crippen LogP contribution in [0.3, 0.4) is 0 Å². The van der Waals surface area contributed by atoms with E-state index in [9.17, 15) is 19.7 Å². The number of rotatable bonds is 4. The minimum Gasteiger partial charge on any atom is -0.465 e. The van der Waals surface area contributed by atoms with E-state index in [1.807, 2.05) is 0 Å². The van der Waals surface area contributed by atoms with Crippen molar-refractivity contribution >= 4 is 34.9 Å². The minimum atomic E-state index is -0.604. The van der Waals surface area contributed by atoms with Crippen LogP contribution < -0.4 is 5.32 Å². The van der Waals surface area contributed by atoms with Crippen LogP contribution >= 0.6 is 11.6 Å². The fourth-order valence-electron chi connectivity index (χ4n) is 1.84. The molecule has 0 aliphatic rings. The van der Waals surface area contributed by atoms with Crippen LogP contribution in [0, 0.1) is 10.1 Å². The maximum atomic E-state index is 12.2. The highest BCUT2D eigenvalue weighted by Gasteiger charge is 2.15. The molecular weight excluding hydrogens is 324 g/mol. The van der Waals surface area contributed by atoms with E-state index >= 15 is 0 Å². The number of nitro groups is 1. The summed E-state index contributed by atoms with van der Waals surface area (Å²) in [5.74, 6) is -1.08. The molecule has 0 saturated carbocycles. The van der Waals surface area contributed by atoms with Crippen LogP contribution in [0.4, 0.5) is 11.4 Å². The van der Waals surface area contributed by atoms with Gasteiger partial charge in [0.15, 0.2) is 0 Å². The van der Waals surface area contributed by atoms with E-state index in [1.165, 1.54) is 25.3 Å². The second-order valence-electron chi connectivity index (χ2n) is 4.45. The number of anilines is 1. The summed E-state index contributed by atoms with van der Waals surface area (Å²) >= 11 is 5.90. The lowest BCUT2D eigenvalue weighted by Gasteiger charge is -2.08. The normalized spacial score (nSPS) is 10.0. The molecule has 1 N–H and O–H groups in total. The van der Waals surface area contributed by atoms with E-state index in [2.05, 4.69) is 10.1 Å². The lowest BCUT2D eigenvalue weighted by molar-refractivity contribution is -0.384. The predicted molar refractivity (Wildman–Crippen MR) is 83.8 cm³/mol. The average molecular weight is 335 g/mol. The fourth-order valence-corrected chi connectivity index (χ4v) is 2.10. The Hall–Kier alpha value is -2.93. The highest BCUT2D eigenvalue weighted by Crippen LogP contribution is 2.23. The van der Waals surface area contributed by atoms with Crippen LogP contribution in [-0.2, 0) is 4.74 Å². The number of halogens is 1. The van der Waals surface area contributed by atoms with Crippen LogP contribution in [0.2, 0.25) is 5.02 Å². The number of nitro benzene ring substituents is 1. The van der Waals surface area contributed by atoms with Crippen molar-refractivity contribution in [2.45, 2.75) is 0 Å². The van der Waals surface area contributed by atoms with Crippen molar-refractivity contribution < 1.29 is 19.2 Å². The number of nitrogens with one attached hydrogen (secondary N) is 1. The molecule has 2 aromatic carbocycles. The maximum absolute atomic E-state index is 12.2. The summed E-state index contributed by atoms with van der Waals surface area (Å²) in [5.41, 5.74) is 0.521. The Morgan fingerprint density at radius 1 is 1.22 bits per heavy atom. The number of hydrogen-bond acceptors (Lipinski definition) is 5. The first-order valence-corrected chi connectivity index (χ1v) is 6.74. The van der Waals surface area contributed by atoms with Gasteiger partial charge in [-0.05, 0) is 24.3 Å². The molecule has 23 heavy (non-hydrogen) atoms. The largest absolute Gasteiger partial charge is 0.465 e. The number of amides is 1. The Morgan fingerprint density at radius 3 is 2.57 bits per heavy atom. The Bertz CT molecular complexity index is 791. The second kappa shape index (κ2) is 6.89. The van der Waals surface area contributed by atoms with Gasteiger partial charge in [0.1, 0.15) is 0 Å². The molecule has 0 aromatic heterocycles. The Balaban J connectivity index is 2.22. The first-order valence-electron chi connectivity index (χ1n) is 6.36. The number of carbonyl (C=O) groups excluding carboxylic acids is 2. The number of carbonyl (C=O) groups is 2. The van der Waals surface area contributed by atoms with Gasteiger partial charge in [-0.3, -0.25) is 14.9 Å². The Labute approximate surface area is 136 Å². The molecule has 0 bridgehead atoms. The summed E-state index contributed by atoms with van der Waals surface area (Å²) in [6, 6.07) is 9.71. The molecule has 8 heteroatoms. The number of benzene rings is 2. The van der Waals surface area contributed by atoms with Gasteiger partial charge in [-0.25, -0.2) is 4.79 Å². The molecule has 0 fully saturated rings. The molecule has 0 aliphatic carbocycles. The second-order valence-corrected chi connectivity index (χ2v) is 4.85. The average Bonchev–Trinajstić information content (AvgIpc) is 2.53. The number of ether oxygens (including phenoxy) is 1. The molecule has 118 valence electrons. The maximum Gasteiger partial charge on any atom is 0.337 e. The van der Waals surface area contributed by atoms with Crippen LogP contribution in [-0.4, -0.2) is 23.9 Å². The van der Waals surface area contributed by atoms with Crippen molar-refractivity contribution in [3.05, 3.63) is 68.7 Å². The standard InChI is InChI=1S/C15H11ClN2O5/c1-23-15(20)9-3-2-4-10(7-9)17-14(19)12-6-5-11(18(21)22)8-13(12)16/h2-8H,1H3,(H,17,19). The summed E-state index contributed by atoms with van der Waals surface area (Å²) in [6.07, 6.45) is 0. The van der Waals surface area contributed by atoms with Gasteiger partial charge in [-0.1, -0.05) is 17.7 Å². The Kier molecular flexibility index (Phi) is 4.92. The van der Waals surface area contributed by atoms with Crippen molar-refractivity contribution in [3.8, 4) is 0 Å². The Morgan fingerprint density at radius 2 is 1.96 bits per heavy atom. The SMILES string of the molecule is COC(=O)c1cccc(NC(=O)c2ccc([N+](=O)[O-])cc2Cl)c1. The van der Waals surface area contributed by atoms with E-state index in [-0.39, 0.29) is 21.8 Å². The molecule has 2 rings (SSSR count). The van der Waals surface area contributed by atoms with Gasteiger partial charge >= 0.3 is 5.97 Å². The number of non-ortho nitro benzene ring substituents is 1. The summed E-state index contributed by atoms with van der Waals surface area (Å²) in [7, 11) is 1.25. The zero-order valence-electron chi connectivity index (χ0n) is 11.9. The molecule has 7 nitrogen and oxygen atoms in total. The monoisotopic (exact) mass is 334 g/mol. The summed E-state index contributed by atoms with van der Waals surface area (Å²) in [6.45, 7) is 0. The van der Waals surface area contributed by atoms with Gasteiger partial charge in [-0.15, -0.1) is 0 Å². The van der Waals surface area contributed by atoms with Crippen LogP contribution in [0.15, 0.2) is 42.5 Å². The smallest absolute Gasteiger partial charge is 0.337 e. The molecule has 0 aliphatic heterocycles. The first kappa shape index (κ1) is 16.4. The van der Waals surface area contributed by atoms with Gasteiger partial charge in [0.25, 0.3) is 11.6 Å². The van der Waals surface area contributed by atoms with E-state index in [1.54, 1.807) is 18.2 Å². The molecule has 1 amide bonds. The van der Waals surface area contributed by atoms with E-state index < -0.39 is 16.8 Å². The topological polar surface area (TPSA) is 98.5 Å². The van der Waals surface area contributed by atoms with Gasteiger partial charge in [0, 0.05) is 17.8 Å². The van der Waals surface area contributed by atoms with E-state index in [4.69, 9.17) is 11.6 Å². The zero-order valence-corrected chi connectivity index (χ0v) is 12.7. The number of hydrogen-bond donors (Lipinski definition) is 1. The minimum absolute atomic E-state index is 0.0409. The molecule has 0 spiro atoms. The lowest BCUT2D eigenvalue weighted by atomic mass is 10.1. The van der Waals surface area contributed by atoms with E-state index in [0.717, 1.165) is 6.07 Å². The van der Waals surface area contributed by atoms with Crippen LogP contribution in [0.5, 0.6) is 0 Å². The molecule has 0 unspecified atom stereocenters. The third kappa shape index (κ3) is 3.83. The molecule has 0 radical (unpaired) electrons. The van der Waals surface area contributed by atoms with Gasteiger partial charge < -0.3 is 10.1 Å². The summed E-state index contributed by atoms with van der Waals surface area (Å²) < 4.78 is 4.60. The van der Waals surface area contributed by atoms with Gasteiger partial charge in [0.2, 0.25) is 0 Å². The number of esters is 1. The van der Waals surface area contributed by atoms with Crippen molar-refractivity contribution in [1.82, 2.24) is 0 Å². The molecule has 0 heterocycles. The molecule has 2 aromatic rings. The van der Waals surface area contributed by atoms with Gasteiger partial charge in [-0.2, -0.15) is 0 Å². The molecule has 0 saturated heterocycles. The summed E-state index contributed by atoms with van der Waals surface area (Å²) in [5, 5.41) is 13.2. The van der Waals surface area contributed by atoms with Crippen molar-refractivity contribution in [2.75, 3.05) is 12.4 Å². The zero-order chi connectivity index (χ0) is 17.0. The van der Waals surface area contributed by atoms with Gasteiger partial charge in [0.05, 0.1) is 28.2 Å². The van der Waals surface area contributed by atoms with Crippen molar-refractivity contribution in [2.24, 2.45) is 0 Å². The highest BCUT2D eigenvalue weighted by molar-refractivity contribution is 6.34. The highest BCUT2D eigenvalue weighted by atomic mass is 35.5. The fraction of sp³-hybridized carbons (Fsp3) is 0.0667. The van der Waals surface area contributed by atoms with E-state index in [0.29, 0.717) is 5.69 Å². The first-order chi connectivity index (χ1) is 10.9.